The second-order valence-corrected chi connectivity index (χ2v) is 6.85. The molecule has 1 aromatic rings. The lowest BCUT2D eigenvalue weighted by Gasteiger charge is -2.43. The van der Waals surface area contributed by atoms with Crippen LogP contribution in [0.2, 0.25) is 0 Å². The number of guanidine groups is 1. The van der Waals surface area contributed by atoms with Crippen molar-refractivity contribution in [3.63, 3.8) is 0 Å². The molecule has 0 spiro atoms. The van der Waals surface area contributed by atoms with Crippen LogP contribution in [0, 0.1) is 5.82 Å². The van der Waals surface area contributed by atoms with Gasteiger partial charge in [0.2, 0.25) is 5.96 Å². The Bertz CT molecular complexity index is 838. The number of halogens is 1. The summed E-state index contributed by atoms with van der Waals surface area (Å²) in [4.78, 5) is 16.7. The minimum absolute atomic E-state index is 0.0659. The molecule has 0 saturated carbocycles. The minimum atomic E-state index is -0.637. The van der Waals surface area contributed by atoms with Crippen LogP contribution in [0.4, 0.5) is 4.39 Å². The third kappa shape index (κ3) is 3.33. The summed E-state index contributed by atoms with van der Waals surface area (Å²) in [6.45, 7) is 5.40. The van der Waals surface area contributed by atoms with E-state index in [9.17, 15) is 9.18 Å². The average molecular weight is 370 g/mol. The molecular formula is C19H23FN6O. The largest absolute Gasteiger partial charge is 0.368 e. The first-order chi connectivity index (χ1) is 13.0. The highest BCUT2D eigenvalue weighted by Crippen LogP contribution is 2.30. The van der Waals surface area contributed by atoms with Gasteiger partial charge in [0.25, 0.3) is 0 Å². The van der Waals surface area contributed by atoms with Gasteiger partial charge in [-0.25, -0.2) is 19.4 Å². The summed E-state index contributed by atoms with van der Waals surface area (Å²) in [5, 5.41) is 10.7. The number of piperazine rings is 1. The van der Waals surface area contributed by atoms with Crippen molar-refractivity contribution < 1.29 is 9.18 Å². The predicted molar refractivity (Wildman–Crippen MR) is 102 cm³/mol. The Kier molecular flexibility index (Phi) is 4.67. The molecule has 1 saturated heterocycles. The van der Waals surface area contributed by atoms with E-state index < -0.39 is 6.04 Å². The Balaban J connectivity index is 1.75. The molecule has 1 atom stereocenters. The van der Waals surface area contributed by atoms with E-state index >= 15 is 0 Å². The predicted octanol–water partition coefficient (Wildman–Crippen LogP) is 0.432. The molecule has 1 unspecified atom stereocenters. The van der Waals surface area contributed by atoms with Crippen molar-refractivity contribution in [2.75, 3.05) is 32.7 Å². The molecule has 142 valence electrons. The van der Waals surface area contributed by atoms with E-state index in [1.165, 1.54) is 19.1 Å². The van der Waals surface area contributed by atoms with Crippen LogP contribution in [0.3, 0.4) is 0 Å². The topological polar surface area (TPSA) is 86.0 Å². The molecule has 3 aliphatic heterocycles. The first-order valence-corrected chi connectivity index (χ1v) is 9.08. The van der Waals surface area contributed by atoms with Crippen molar-refractivity contribution in [3.8, 4) is 0 Å². The number of nitrogens with zero attached hydrogens (tertiary/aromatic N) is 3. The summed E-state index contributed by atoms with van der Waals surface area (Å²) in [7, 11) is 0. The number of aliphatic imine (C=N–C) groups is 1. The summed E-state index contributed by atoms with van der Waals surface area (Å²) in [6.07, 6.45) is 1.98. The van der Waals surface area contributed by atoms with Crippen LogP contribution < -0.4 is 16.4 Å². The molecule has 0 radical (unpaired) electrons. The number of ketones is 1. The Hall–Kier alpha value is -2.71. The SMILES string of the molecule is CC(=O)C1N=C(N)N(N2CCNCC2)C2=C1C=C(c1ccc(F)cc1)CN2. The number of hydrazine groups is 1. The van der Waals surface area contributed by atoms with E-state index in [4.69, 9.17) is 5.73 Å². The van der Waals surface area contributed by atoms with Gasteiger partial charge in [0.1, 0.15) is 17.7 Å². The summed E-state index contributed by atoms with van der Waals surface area (Å²) in [5.41, 5.74) is 8.92. The van der Waals surface area contributed by atoms with Crippen LogP contribution in [0.5, 0.6) is 0 Å². The van der Waals surface area contributed by atoms with Gasteiger partial charge in [0, 0.05) is 38.3 Å². The summed E-state index contributed by atoms with van der Waals surface area (Å²) < 4.78 is 13.3. The molecule has 4 N–H and O–H groups in total. The second kappa shape index (κ2) is 7.13. The van der Waals surface area contributed by atoms with Gasteiger partial charge in [-0.15, -0.1) is 0 Å². The third-order valence-corrected chi connectivity index (χ3v) is 5.01. The number of hydrogen-bond donors (Lipinski definition) is 3. The van der Waals surface area contributed by atoms with Gasteiger partial charge in [-0.1, -0.05) is 12.1 Å². The third-order valence-electron chi connectivity index (χ3n) is 5.01. The van der Waals surface area contributed by atoms with E-state index in [2.05, 4.69) is 20.6 Å². The Labute approximate surface area is 157 Å². The Morgan fingerprint density at radius 1 is 1.26 bits per heavy atom. The van der Waals surface area contributed by atoms with Gasteiger partial charge >= 0.3 is 0 Å². The zero-order valence-electron chi connectivity index (χ0n) is 15.2. The molecule has 8 heteroatoms. The van der Waals surface area contributed by atoms with Crippen LogP contribution in [-0.2, 0) is 4.79 Å². The molecule has 7 nitrogen and oxygen atoms in total. The molecule has 0 aromatic heterocycles. The van der Waals surface area contributed by atoms with Gasteiger partial charge in [0.05, 0.1) is 0 Å². The highest BCUT2D eigenvalue weighted by atomic mass is 19.1. The molecule has 3 aliphatic rings. The van der Waals surface area contributed by atoms with Gasteiger partial charge in [0.15, 0.2) is 5.78 Å². The fourth-order valence-corrected chi connectivity index (χ4v) is 3.66. The van der Waals surface area contributed by atoms with E-state index in [1.54, 1.807) is 12.1 Å². The van der Waals surface area contributed by atoms with Crippen molar-refractivity contribution in [1.29, 1.82) is 0 Å². The number of Topliss-reactive ketones (excluding diaryl/α,β-unsaturated/α-hetero) is 1. The van der Waals surface area contributed by atoms with E-state index in [0.717, 1.165) is 48.7 Å². The summed E-state index contributed by atoms with van der Waals surface area (Å²) >= 11 is 0. The van der Waals surface area contributed by atoms with Crippen molar-refractivity contribution in [2.24, 2.45) is 10.7 Å². The smallest absolute Gasteiger partial charge is 0.213 e. The van der Waals surface area contributed by atoms with Gasteiger partial charge in [-0.3, -0.25) is 4.79 Å². The van der Waals surface area contributed by atoms with Gasteiger partial charge in [-0.2, -0.15) is 0 Å². The number of hydrogen-bond acceptors (Lipinski definition) is 7. The molecule has 1 fully saturated rings. The fraction of sp³-hybridized carbons (Fsp3) is 0.368. The standard InChI is InChI=1S/C19H23FN6O/c1-12(27)17-16-10-14(13-2-4-15(20)5-3-13)11-23-18(16)26(19(21)24-17)25-8-6-22-7-9-25/h2-5,10,17,22-23H,6-9,11H2,1H3,(H2,21,24). The molecule has 4 rings (SSSR count). The van der Waals surface area contributed by atoms with Crippen molar-refractivity contribution >= 4 is 17.3 Å². The lowest BCUT2D eigenvalue weighted by molar-refractivity contribution is -0.117. The molecule has 27 heavy (non-hydrogen) atoms. The van der Waals surface area contributed by atoms with Crippen molar-refractivity contribution in [1.82, 2.24) is 20.7 Å². The Morgan fingerprint density at radius 2 is 1.96 bits per heavy atom. The maximum atomic E-state index is 13.3. The quantitative estimate of drug-likeness (QED) is 0.716. The number of dihydropyridines is 1. The monoisotopic (exact) mass is 370 g/mol. The zero-order chi connectivity index (χ0) is 19.0. The van der Waals surface area contributed by atoms with Crippen LogP contribution in [-0.4, -0.2) is 60.5 Å². The summed E-state index contributed by atoms with van der Waals surface area (Å²) in [5.74, 6) is 0.783. The first-order valence-electron chi connectivity index (χ1n) is 9.08. The molecule has 0 amide bonds. The minimum Gasteiger partial charge on any atom is -0.368 e. The number of carbonyl (C=O) groups excluding carboxylic acids is 1. The van der Waals surface area contributed by atoms with E-state index in [-0.39, 0.29) is 11.6 Å². The number of rotatable bonds is 3. The lowest BCUT2D eigenvalue weighted by atomic mass is 9.94. The second-order valence-electron chi connectivity index (χ2n) is 6.85. The van der Waals surface area contributed by atoms with Crippen LogP contribution in [0.15, 0.2) is 46.7 Å². The molecule has 0 aliphatic carbocycles. The van der Waals surface area contributed by atoms with Gasteiger partial charge < -0.3 is 16.4 Å². The number of carbonyl (C=O) groups is 1. The normalized spacial score (nSPS) is 23.3. The molecular weight excluding hydrogens is 347 g/mol. The highest BCUT2D eigenvalue weighted by Gasteiger charge is 2.36. The number of nitrogens with one attached hydrogen (secondary N) is 2. The maximum absolute atomic E-state index is 13.3. The van der Waals surface area contributed by atoms with Crippen molar-refractivity contribution in [2.45, 2.75) is 13.0 Å². The zero-order valence-corrected chi connectivity index (χ0v) is 15.2. The van der Waals surface area contributed by atoms with Crippen LogP contribution >= 0.6 is 0 Å². The number of nitrogens with two attached hydrogens (primary N) is 1. The molecule has 1 aromatic carbocycles. The van der Waals surface area contributed by atoms with E-state index in [1.807, 2.05) is 11.1 Å². The molecule has 3 heterocycles. The van der Waals surface area contributed by atoms with Crippen LogP contribution in [0.1, 0.15) is 12.5 Å². The first kappa shape index (κ1) is 17.7. The van der Waals surface area contributed by atoms with E-state index in [0.29, 0.717) is 12.5 Å². The molecule has 0 bridgehead atoms. The van der Waals surface area contributed by atoms with Crippen molar-refractivity contribution in [3.05, 3.63) is 53.1 Å². The lowest BCUT2D eigenvalue weighted by Crippen LogP contribution is -2.60. The highest BCUT2D eigenvalue weighted by molar-refractivity contribution is 5.93. The average Bonchev–Trinajstić information content (AvgIpc) is 2.68. The Morgan fingerprint density at radius 3 is 2.63 bits per heavy atom. The number of benzene rings is 1. The fourth-order valence-electron chi connectivity index (χ4n) is 3.66. The van der Waals surface area contributed by atoms with Crippen LogP contribution in [0.25, 0.3) is 5.57 Å². The summed E-state index contributed by atoms with van der Waals surface area (Å²) in [6, 6.07) is 5.72. The maximum Gasteiger partial charge on any atom is 0.213 e. The van der Waals surface area contributed by atoms with Gasteiger partial charge in [-0.05, 0) is 36.3 Å².